The summed E-state index contributed by atoms with van der Waals surface area (Å²) in [5, 5.41) is 5.54. The number of aryl methyl sites for hydroxylation is 1. The van der Waals surface area contributed by atoms with Gasteiger partial charge in [-0.3, -0.25) is 0 Å². The van der Waals surface area contributed by atoms with Crippen LogP contribution in [0.2, 0.25) is 0 Å². The van der Waals surface area contributed by atoms with Crippen LogP contribution in [0.4, 0.5) is 4.79 Å². The highest BCUT2D eigenvalue weighted by atomic mass is 16.2. The number of nitrogens with one attached hydrogen (secondary N) is 2. The largest absolute Gasteiger partial charge is 0.338 e. The molecule has 0 heterocycles. The van der Waals surface area contributed by atoms with Crippen molar-refractivity contribution < 1.29 is 4.79 Å². The third-order valence-corrected chi connectivity index (χ3v) is 3.23. The van der Waals surface area contributed by atoms with Gasteiger partial charge in [0.15, 0.2) is 0 Å². The van der Waals surface area contributed by atoms with Gasteiger partial charge < -0.3 is 10.6 Å². The first-order valence-electron chi connectivity index (χ1n) is 7.06. The molecule has 0 aliphatic carbocycles. The highest BCUT2D eigenvalue weighted by Gasteiger charge is 1.99. The average molecular weight is 280 g/mol. The molecule has 21 heavy (non-hydrogen) atoms. The minimum Gasteiger partial charge on any atom is -0.338 e. The summed E-state index contributed by atoms with van der Waals surface area (Å²) in [5.74, 6) is 0. The fourth-order valence-corrected chi connectivity index (χ4v) is 2.03. The van der Waals surface area contributed by atoms with Gasteiger partial charge in [-0.2, -0.15) is 0 Å². The zero-order valence-electron chi connectivity index (χ0n) is 12.2. The standard InChI is InChI=1S/C18H20N2O/c1-15-7-5-6-10-17(15)12-14-20-18(21)19-13-11-16-8-3-2-4-9-16/h2-11,13H,12,14H2,1H3,(H2,19,20,21)/b13-11+. The van der Waals surface area contributed by atoms with E-state index in [0.29, 0.717) is 6.54 Å². The lowest BCUT2D eigenvalue weighted by Gasteiger charge is -2.07. The SMILES string of the molecule is Cc1ccccc1CCNC(=O)N/C=C/c1ccccc1. The molecule has 0 bridgehead atoms. The Morgan fingerprint density at radius 2 is 1.76 bits per heavy atom. The Balaban J connectivity index is 1.71. The van der Waals surface area contributed by atoms with E-state index in [4.69, 9.17) is 0 Å². The summed E-state index contributed by atoms with van der Waals surface area (Å²) >= 11 is 0. The van der Waals surface area contributed by atoms with E-state index in [1.807, 2.05) is 48.5 Å². The van der Waals surface area contributed by atoms with Gasteiger partial charge in [0.1, 0.15) is 0 Å². The van der Waals surface area contributed by atoms with Crippen molar-refractivity contribution in [2.75, 3.05) is 6.54 Å². The van der Waals surface area contributed by atoms with Crippen molar-refractivity contribution in [2.45, 2.75) is 13.3 Å². The Morgan fingerprint density at radius 1 is 1.05 bits per heavy atom. The van der Waals surface area contributed by atoms with Crippen LogP contribution in [-0.2, 0) is 6.42 Å². The Bertz CT molecular complexity index is 606. The summed E-state index contributed by atoms with van der Waals surface area (Å²) in [6, 6.07) is 17.9. The lowest BCUT2D eigenvalue weighted by Crippen LogP contribution is -2.33. The summed E-state index contributed by atoms with van der Waals surface area (Å²) in [4.78, 5) is 11.6. The molecule has 0 aliphatic rings. The van der Waals surface area contributed by atoms with Crippen LogP contribution >= 0.6 is 0 Å². The Morgan fingerprint density at radius 3 is 2.52 bits per heavy atom. The summed E-state index contributed by atoms with van der Waals surface area (Å²) in [6.07, 6.45) is 4.35. The quantitative estimate of drug-likeness (QED) is 0.864. The fourth-order valence-electron chi connectivity index (χ4n) is 2.03. The molecule has 0 saturated carbocycles. The van der Waals surface area contributed by atoms with Gasteiger partial charge >= 0.3 is 6.03 Å². The molecule has 108 valence electrons. The van der Waals surface area contributed by atoms with Crippen molar-refractivity contribution in [3.63, 3.8) is 0 Å². The van der Waals surface area contributed by atoms with Gasteiger partial charge in [-0.05, 0) is 36.1 Å². The molecule has 3 heteroatoms. The second-order valence-corrected chi connectivity index (χ2v) is 4.82. The Labute approximate surface area is 125 Å². The normalized spacial score (nSPS) is 10.5. The van der Waals surface area contributed by atoms with Gasteiger partial charge in [0.2, 0.25) is 0 Å². The molecule has 0 atom stereocenters. The van der Waals surface area contributed by atoms with Crippen LogP contribution in [-0.4, -0.2) is 12.6 Å². The van der Waals surface area contributed by atoms with Gasteiger partial charge in [0.25, 0.3) is 0 Å². The maximum atomic E-state index is 11.6. The highest BCUT2D eigenvalue weighted by molar-refractivity contribution is 5.75. The first kappa shape index (κ1) is 14.9. The number of hydrogen-bond donors (Lipinski definition) is 2. The monoisotopic (exact) mass is 280 g/mol. The summed E-state index contributed by atoms with van der Waals surface area (Å²) in [7, 11) is 0. The molecule has 0 fully saturated rings. The van der Waals surface area contributed by atoms with Crippen LogP contribution in [0.15, 0.2) is 60.8 Å². The zero-order valence-corrected chi connectivity index (χ0v) is 12.2. The van der Waals surface area contributed by atoms with Gasteiger partial charge in [-0.25, -0.2) is 4.79 Å². The number of benzene rings is 2. The van der Waals surface area contributed by atoms with Crippen molar-refractivity contribution in [3.8, 4) is 0 Å². The molecule has 0 saturated heterocycles. The minimum atomic E-state index is -0.184. The van der Waals surface area contributed by atoms with E-state index in [2.05, 4.69) is 29.7 Å². The molecule has 0 unspecified atom stereocenters. The van der Waals surface area contributed by atoms with Crippen LogP contribution in [0.1, 0.15) is 16.7 Å². The van der Waals surface area contributed by atoms with E-state index >= 15 is 0 Å². The van der Waals surface area contributed by atoms with Crippen molar-refractivity contribution >= 4 is 12.1 Å². The van der Waals surface area contributed by atoms with Gasteiger partial charge in [-0.15, -0.1) is 0 Å². The summed E-state index contributed by atoms with van der Waals surface area (Å²) in [5.41, 5.74) is 3.57. The molecule has 2 N–H and O–H groups in total. The molecular weight excluding hydrogens is 260 g/mol. The molecule has 2 aromatic rings. The van der Waals surface area contributed by atoms with E-state index in [1.165, 1.54) is 11.1 Å². The van der Waals surface area contributed by atoms with Crippen molar-refractivity contribution in [1.29, 1.82) is 0 Å². The van der Waals surface area contributed by atoms with Crippen LogP contribution in [0.5, 0.6) is 0 Å². The second-order valence-electron chi connectivity index (χ2n) is 4.82. The molecule has 2 amide bonds. The number of carbonyl (C=O) groups excluding carboxylic acids is 1. The van der Waals surface area contributed by atoms with Crippen molar-refractivity contribution in [2.24, 2.45) is 0 Å². The van der Waals surface area contributed by atoms with Gasteiger partial charge in [0, 0.05) is 12.7 Å². The molecule has 0 aromatic heterocycles. The average Bonchev–Trinajstić information content (AvgIpc) is 2.50. The van der Waals surface area contributed by atoms with E-state index in [-0.39, 0.29) is 6.03 Å². The van der Waals surface area contributed by atoms with Crippen LogP contribution in [0.3, 0.4) is 0 Å². The van der Waals surface area contributed by atoms with Gasteiger partial charge in [0.05, 0.1) is 0 Å². The van der Waals surface area contributed by atoms with E-state index < -0.39 is 0 Å². The van der Waals surface area contributed by atoms with E-state index in [9.17, 15) is 4.79 Å². The molecule has 2 aromatic carbocycles. The molecule has 0 spiro atoms. The second kappa shape index (κ2) is 7.90. The smallest absolute Gasteiger partial charge is 0.318 e. The molecular formula is C18H20N2O. The number of urea groups is 1. The maximum Gasteiger partial charge on any atom is 0.318 e. The van der Waals surface area contributed by atoms with Gasteiger partial charge in [-0.1, -0.05) is 54.6 Å². The molecule has 3 nitrogen and oxygen atoms in total. The number of hydrogen-bond acceptors (Lipinski definition) is 1. The predicted octanol–water partition coefficient (Wildman–Crippen LogP) is 3.51. The van der Waals surface area contributed by atoms with E-state index in [0.717, 1.165) is 12.0 Å². The van der Waals surface area contributed by atoms with E-state index in [1.54, 1.807) is 6.20 Å². The summed E-state index contributed by atoms with van der Waals surface area (Å²) in [6.45, 7) is 2.70. The predicted molar refractivity (Wildman–Crippen MR) is 86.9 cm³/mol. The maximum absolute atomic E-state index is 11.6. The summed E-state index contributed by atoms with van der Waals surface area (Å²) < 4.78 is 0. The first-order valence-corrected chi connectivity index (χ1v) is 7.06. The number of amides is 2. The minimum absolute atomic E-state index is 0.184. The third kappa shape index (κ3) is 5.15. The van der Waals surface area contributed by atoms with Crippen molar-refractivity contribution in [1.82, 2.24) is 10.6 Å². The fraction of sp³-hybridized carbons (Fsp3) is 0.167. The van der Waals surface area contributed by atoms with Crippen molar-refractivity contribution in [3.05, 3.63) is 77.5 Å². The van der Waals surface area contributed by atoms with Crippen LogP contribution in [0.25, 0.3) is 6.08 Å². The lowest BCUT2D eigenvalue weighted by atomic mass is 10.1. The molecule has 0 aliphatic heterocycles. The molecule has 2 rings (SSSR count). The highest BCUT2D eigenvalue weighted by Crippen LogP contribution is 2.06. The topological polar surface area (TPSA) is 41.1 Å². The van der Waals surface area contributed by atoms with Crippen LogP contribution < -0.4 is 10.6 Å². The number of carbonyl (C=O) groups is 1. The first-order chi connectivity index (χ1) is 10.3. The lowest BCUT2D eigenvalue weighted by molar-refractivity contribution is 0.244. The Hall–Kier alpha value is -2.55. The Kier molecular flexibility index (Phi) is 5.59. The third-order valence-electron chi connectivity index (χ3n) is 3.23. The zero-order chi connectivity index (χ0) is 14.9. The van der Waals surface area contributed by atoms with Crippen LogP contribution in [0, 0.1) is 6.92 Å². The number of rotatable bonds is 5. The molecule has 0 radical (unpaired) electrons.